The number of imide groups is 1. The van der Waals surface area contributed by atoms with Crippen LogP contribution in [-0.4, -0.2) is 109 Å². The average Bonchev–Trinajstić information content (AvgIpc) is 3.48. The Labute approximate surface area is 242 Å². The molecule has 40 heavy (non-hydrogen) atoms. The Bertz CT molecular complexity index is 908. The number of likely N-dealkylation sites (tertiary alicyclic amines) is 1. The molecule has 2 rings (SSSR count). The third-order valence-corrected chi connectivity index (χ3v) is 7.57. The topological polar surface area (TPSA) is 134 Å². The van der Waals surface area contributed by atoms with Gasteiger partial charge in [-0.25, -0.2) is 4.68 Å². The van der Waals surface area contributed by atoms with Crippen LogP contribution in [0.3, 0.4) is 0 Å². The van der Waals surface area contributed by atoms with Crippen LogP contribution in [0.2, 0.25) is 0 Å². The van der Waals surface area contributed by atoms with Crippen molar-refractivity contribution >= 4 is 29.5 Å². The molecule has 228 valence electrons. The fourth-order valence-corrected chi connectivity index (χ4v) is 4.27. The van der Waals surface area contributed by atoms with Crippen LogP contribution in [0.5, 0.6) is 0 Å². The first-order valence-electron chi connectivity index (χ1n) is 14.0. The molecule has 1 aromatic heterocycles. The van der Waals surface area contributed by atoms with Crippen molar-refractivity contribution in [1.29, 1.82) is 0 Å². The molecule has 13 heteroatoms. The van der Waals surface area contributed by atoms with Crippen molar-refractivity contribution < 1.29 is 33.3 Å². The largest absolute Gasteiger partial charge is 0.379 e. The van der Waals surface area contributed by atoms with Gasteiger partial charge < -0.3 is 24.3 Å². The molecule has 0 bridgehead atoms. The number of carbonyl (C=O) groups excluding carboxylic acids is 3. The van der Waals surface area contributed by atoms with Gasteiger partial charge in [-0.1, -0.05) is 32.9 Å². The third kappa shape index (κ3) is 13.1. The van der Waals surface area contributed by atoms with E-state index in [1.807, 2.05) is 20.8 Å². The van der Waals surface area contributed by atoms with Gasteiger partial charge in [-0.05, 0) is 18.1 Å². The zero-order valence-electron chi connectivity index (χ0n) is 24.7. The molecule has 0 aliphatic carbocycles. The predicted molar refractivity (Wildman–Crippen MR) is 152 cm³/mol. The smallest absolute Gasteiger partial charge is 0.233 e. The van der Waals surface area contributed by atoms with Crippen molar-refractivity contribution in [3.8, 4) is 0 Å². The molecule has 1 aliphatic rings. The van der Waals surface area contributed by atoms with E-state index in [1.54, 1.807) is 22.6 Å². The highest BCUT2D eigenvalue weighted by atomic mass is 32.2. The van der Waals surface area contributed by atoms with Crippen LogP contribution in [0.1, 0.15) is 52.7 Å². The third-order valence-electron chi connectivity index (χ3n) is 6.53. The molecule has 0 aromatic carbocycles. The van der Waals surface area contributed by atoms with Crippen LogP contribution in [0.25, 0.3) is 0 Å². The number of hydrogen-bond donors (Lipinski definition) is 1. The maximum atomic E-state index is 12.6. The Morgan fingerprint density at radius 3 is 2.23 bits per heavy atom. The summed E-state index contributed by atoms with van der Waals surface area (Å²) in [7, 11) is 0. The second-order valence-electron chi connectivity index (χ2n) is 10.8. The number of nitrogens with one attached hydrogen (secondary N) is 1. The Balaban J connectivity index is 1.41. The predicted octanol–water partition coefficient (Wildman–Crippen LogP) is 1.91. The molecular weight excluding hydrogens is 538 g/mol. The van der Waals surface area contributed by atoms with Gasteiger partial charge >= 0.3 is 0 Å². The minimum absolute atomic E-state index is 0.0122. The summed E-state index contributed by atoms with van der Waals surface area (Å²) in [5.41, 5.74) is 0.317. The molecule has 0 saturated carbocycles. The first-order chi connectivity index (χ1) is 19.1. The van der Waals surface area contributed by atoms with E-state index < -0.39 is 0 Å². The molecule has 0 spiro atoms. The van der Waals surface area contributed by atoms with Crippen molar-refractivity contribution in [3.05, 3.63) is 11.9 Å². The molecule has 1 aliphatic heterocycles. The molecule has 0 radical (unpaired) electrons. The monoisotopic (exact) mass is 585 g/mol. The van der Waals surface area contributed by atoms with Gasteiger partial charge in [0.2, 0.25) is 17.7 Å². The van der Waals surface area contributed by atoms with Crippen molar-refractivity contribution in [1.82, 2.24) is 25.2 Å². The van der Waals surface area contributed by atoms with E-state index in [9.17, 15) is 14.4 Å². The fraction of sp³-hybridized carbons (Fsp3) is 0.815. The molecule has 3 amide bonds. The van der Waals surface area contributed by atoms with Gasteiger partial charge in [-0.3, -0.25) is 19.3 Å². The first kappa shape index (κ1) is 34.1. The fourth-order valence-electron chi connectivity index (χ4n) is 3.91. The van der Waals surface area contributed by atoms with Gasteiger partial charge in [0, 0.05) is 24.6 Å². The van der Waals surface area contributed by atoms with Crippen LogP contribution in [0.15, 0.2) is 6.20 Å². The molecule has 1 fully saturated rings. The molecule has 1 N–H and O–H groups in total. The molecule has 2 atom stereocenters. The number of amides is 3. The van der Waals surface area contributed by atoms with Gasteiger partial charge in [0.1, 0.15) is 5.69 Å². The molecular formula is C27H47N5O7S. The van der Waals surface area contributed by atoms with E-state index in [0.717, 1.165) is 6.42 Å². The van der Waals surface area contributed by atoms with E-state index >= 15 is 0 Å². The van der Waals surface area contributed by atoms with Gasteiger partial charge in [-0.15, -0.1) is 5.10 Å². The molecule has 1 aromatic rings. The number of nitrogens with zero attached hydrogens (tertiary/aromatic N) is 4. The van der Waals surface area contributed by atoms with Gasteiger partial charge in [0.25, 0.3) is 0 Å². The zero-order valence-corrected chi connectivity index (χ0v) is 25.5. The van der Waals surface area contributed by atoms with Crippen LogP contribution in [0.4, 0.5) is 0 Å². The Morgan fingerprint density at radius 1 is 1.05 bits per heavy atom. The summed E-state index contributed by atoms with van der Waals surface area (Å²) in [6.45, 7) is 12.9. The summed E-state index contributed by atoms with van der Waals surface area (Å²) in [5.74, 6) is -0.591. The van der Waals surface area contributed by atoms with Gasteiger partial charge in [0.15, 0.2) is 0 Å². The van der Waals surface area contributed by atoms with Crippen LogP contribution in [0, 0.1) is 11.3 Å². The summed E-state index contributed by atoms with van der Waals surface area (Å²) < 4.78 is 23.6. The number of rotatable bonds is 21. The lowest BCUT2D eigenvalue weighted by Gasteiger charge is -2.24. The Kier molecular flexibility index (Phi) is 15.7. The Morgan fingerprint density at radius 2 is 1.65 bits per heavy atom. The maximum Gasteiger partial charge on any atom is 0.233 e. The lowest BCUT2D eigenvalue weighted by molar-refractivity contribution is -0.141. The minimum Gasteiger partial charge on any atom is -0.379 e. The zero-order chi connectivity index (χ0) is 29.4. The summed E-state index contributed by atoms with van der Waals surface area (Å²) in [4.78, 5) is 38.0. The number of carbonyl (C=O) groups is 3. The number of thioether (sulfide) groups is 1. The summed E-state index contributed by atoms with van der Waals surface area (Å²) in [5, 5.41) is 11.6. The summed E-state index contributed by atoms with van der Waals surface area (Å²) in [6, 6.07) is 0. The SMILES string of the molecule is CSC(C)CCNC(=O)CCOCCOCCOCCOCCn1cc(CN2C(=O)CC(C(C)(C)C)C2=O)nn1. The highest BCUT2D eigenvalue weighted by Crippen LogP contribution is 2.35. The highest BCUT2D eigenvalue weighted by molar-refractivity contribution is 7.99. The van der Waals surface area contributed by atoms with Crippen molar-refractivity contribution in [2.75, 3.05) is 65.7 Å². The minimum atomic E-state index is -0.300. The first-order valence-corrected chi connectivity index (χ1v) is 15.2. The van der Waals surface area contributed by atoms with E-state index in [1.165, 1.54) is 4.90 Å². The van der Waals surface area contributed by atoms with Gasteiger partial charge in [-0.2, -0.15) is 11.8 Å². The number of ether oxygens (including phenoxy) is 4. The van der Waals surface area contributed by atoms with Crippen molar-refractivity contribution in [2.24, 2.45) is 11.3 Å². The summed E-state index contributed by atoms with van der Waals surface area (Å²) in [6.07, 6.45) is 5.36. The average molecular weight is 586 g/mol. The number of aromatic nitrogens is 3. The maximum absolute atomic E-state index is 12.6. The van der Waals surface area contributed by atoms with E-state index in [2.05, 4.69) is 28.8 Å². The second kappa shape index (κ2) is 18.4. The molecule has 2 heterocycles. The Hall–Kier alpha value is -2.06. The molecule has 12 nitrogen and oxygen atoms in total. The van der Waals surface area contributed by atoms with Crippen molar-refractivity contribution in [3.63, 3.8) is 0 Å². The van der Waals surface area contributed by atoms with E-state index in [4.69, 9.17) is 18.9 Å². The molecule has 1 saturated heterocycles. The lowest BCUT2D eigenvalue weighted by Crippen LogP contribution is -2.33. The van der Waals surface area contributed by atoms with Gasteiger partial charge in [0.05, 0.1) is 78.1 Å². The quantitative estimate of drug-likeness (QED) is 0.168. The van der Waals surface area contributed by atoms with Crippen molar-refractivity contribution in [2.45, 2.75) is 65.3 Å². The molecule has 2 unspecified atom stereocenters. The van der Waals surface area contributed by atoms with Crippen LogP contribution >= 0.6 is 11.8 Å². The van der Waals surface area contributed by atoms with E-state index in [0.29, 0.717) is 83.3 Å². The lowest BCUT2D eigenvalue weighted by atomic mass is 9.80. The number of hydrogen-bond acceptors (Lipinski definition) is 10. The summed E-state index contributed by atoms with van der Waals surface area (Å²) >= 11 is 1.79. The second-order valence-corrected chi connectivity index (χ2v) is 12.1. The standard InChI is InChI=1S/C27H47N5O7S/c1-21(40-5)6-8-28-24(33)7-10-36-12-14-38-16-17-39-15-13-37-11-9-31-19-22(29-30-31)20-32-25(34)18-23(26(32)35)27(2,3)4/h19,21,23H,6-18,20H2,1-5H3,(H,28,33). The highest BCUT2D eigenvalue weighted by Gasteiger charge is 2.44. The van der Waals surface area contributed by atoms with Crippen LogP contribution in [-0.2, 0) is 46.4 Å². The normalized spacial score (nSPS) is 16.6. The van der Waals surface area contributed by atoms with E-state index in [-0.39, 0.29) is 42.0 Å². The van der Waals surface area contributed by atoms with Crippen LogP contribution < -0.4 is 5.32 Å².